The molecular formula is C13H13BrN2O2S. The minimum Gasteiger partial charge on any atom is -0.481 e. The van der Waals surface area contributed by atoms with E-state index in [1.165, 1.54) is 11.8 Å². The number of halogens is 1. The average Bonchev–Trinajstić information content (AvgIpc) is 2.67. The van der Waals surface area contributed by atoms with Crippen molar-refractivity contribution in [2.24, 2.45) is 0 Å². The minimum atomic E-state index is -0.847. The highest BCUT2D eigenvalue weighted by atomic mass is 79.9. The van der Waals surface area contributed by atoms with Gasteiger partial charge in [0.2, 0.25) is 0 Å². The molecule has 4 nitrogen and oxygen atoms in total. The van der Waals surface area contributed by atoms with Crippen LogP contribution in [0, 0.1) is 13.8 Å². The number of carboxylic acid groups (broad SMARTS) is 1. The Morgan fingerprint density at radius 2 is 2.21 bits per heavy atom. The number of nitrogens with zero attached hydrogens (tertiary/aromatic N) is 2. The van der Waals surface area contributed by atoms with Gasteiger partial charge >= 0.3 is 5.97 Å². The van der Waals surface area contributed by atoms with Gasteiger partial charge in [-0.15, -0.1) is 0 Å². The van der Waals surface area contributed by atoms with E-state index in [0.29, 0.717) is 5.16 Å². The van der Waals surface area contributed by atoms with Crippen LogP contribution in [0.25, 0.3) is 5.69 Å². The molecule has 100 valence electrons. The molecule has 2 aromatic rings. The highest BCUT2D eigenvalue weighted by Gasteiger charge is 2.12. The second kappa shape index (κ2) is 5.79. The van der Waals surface area contributed by atoms with Crippen molar-refractivity contribution < 1.29 is 9.90 Å². The molecule has 6 heteroatoms. The molecule has 0 aliphatic heterocycles. The topological polar surface area (TPSA) is 55.1 Å². The van der Waals surface area contributed by atoms with E-state index in [1.807, 2.05) is 42.8 Å². The maximum absolute atomic E-state index is 10.7. The van der Waals surface area contributed by atoms with E-state index >= 15 is 0 Å². The molecule has 0 radical (unpaired) electrons. The number of carboxylic acids is 1. The van der Waals surface area contributed by atoms with E-state index in [2.05, 4.69) is 20.9 Å². The third-order valence-electron chi connectivity index (χ3n) is 2.48. The van der Waals surface area contributed by atoms with Crippen LogP contribution in [0.2, 0.25) is 0 Å². The van der Waals surface area contributed by atoms with Crippen LogP contribution in [0.15, 0.2) is 34.0 Å². The predicted molar refractivity (Wildman–Crippen MR) is 79.1 cm³/mol. The number of aromatic nitrogens is 2. The number of aliphatic carboxylic acids is 1. The van der Waals surface area contributed by atoms with Gasteiger partial charge < -0.3 is 5.11 Å². The van der Waals surface area contributed by atoms with Gasteiger partial charge in [0, 0.05) is 10.7 Å². The quantitative estimate of drug-likeness (QED) is 0.866. The largest absolute Gasteiger partial charge is 0.481 e. The summed E-state index contributed by atoms with van der Waals surface area (Å²) in [6, 6.07) is 6.03. The first-order valence-electron chi connectivity index (χ1n) is 5.64. The van der Waals surface area contributed by atoms with Crippen LogP contribution in [-0.2, 0) is 4.79 Å². The standard InChI is InChI=1S/C13H13BrN2O2S/c1-8-3-4-11(10(14)5-8)16-6-9(2)15-13(16)19-7-12(17)18/h3-6H,7H2,1-2H3,(H,17,18). The zero-order chi connectivity index (χ0) is 14.0. The zero-order valence-electron chi connectivity index (χ0n) is 10.6. The molecule has 0 atom stereocenters. The number of rotatable bonds is 4. The fourth-order valence-electron chi connectivity index (χ4n) is 1.68. The van der Waals surface area contributed by atoms with E-state index in [1.54, 1.807) is 0 Å². The van der Waals surface area contributed by atoms with Crippen LogP contribution in [0.1, 0.15) is 11.3 Å². The number of imidazole rings is 1. The summed E-state index contributed by atoms with van der Waals surface area (Å²) in [6.45, 7) is 3.91. The maximum Gasteiger partial charge on any atom is 0.313 e. The first-order valence-corrected chi connectivity index (χ1v) is 7.42. The summed E-state index contributed by atoms with van der Waals surface area (Å²) in [6.07, 6.45) is 1.90. The first-order chi connectivity index (χ1) is 8.97. The van der Waals surface area contributed by atoms with E-state index in [0.717, 1.165) is 21.4 Å². The van der Waals surface area contributed by atoms with E-state index in [9.17, 15) is 4.79 Å². The van der Waals surface area contributed by atoms with Gasteiger partial charge in [0.15, 0.2) is 5.16 Å². The van der Waals surface area contributed by atoms with Gasteiger partial charge in [-0.2, -0.15) is 0 Å². The number of carbonyl (C=O) groups is 1. The fourth-order valence-corrected chi connectivity index (χ4v) is 3.12. The molecule has 0 saturated heterocycles. The molecule has 0 aliphatic rings. The van der Waals surface area contributed by atoms with Crippen molar-refractivity contribution in [3.05, 3.63) is 40.1 Å². The Morgan fingerprint density at radius 3 is 2.84 bits per heavy atom. The molecule has 1 aromatic heterocycles. The van der Waals surface area contributed by atoms with E-state index in [-0.39, 0.29) is 5.75 Å². The summed E-state index contributed by atoms with van der Waals surface area (Å²) in [4.78, 5) is 15.0. The molecule has 0 unspecified atom stereocenters. The normalized spacial score (nSPS) is 10.7. The molecule has 2 rings (SSSR count). The third kappa shape index (κ3) is 3.39. The van der Waals surface area contributed by atoms with Gasteiger partial charge in [-0.3, -0.25) is 9.36 Å². The number of thioether (sulfide) groups is 1. The molecule has 1 aromatic carbocycles. The Morgan fingerprint density at radius 1 is 1.47 bits per heavy atom. The van der Waals surface area contributed by atoms with Crippen LogP contribution < -0.4 is 0 Å². The minimum absolute atomic E-state index is 0.0000657. The Labute approximate surface area is 124 Å². The van der Waals surface area contributed by atoms with Crippen molar-refractivity contribution in [3.63, 3.8) is 0 Å². The molecule has 0 saturated carbocycles. The first kappa shape index (κ1) is 14.1. The zero-order valence-corrected chi connectivity index (χ0v) is 13.0. The van der Waals surface area contributed by atoms with Gasteiger partial charge in [-0.25, -0.2) is 4.98 Å². The lowest BCUT2D eigenvalue weighted by atomic mass is 10.2. The van der Waals surface area contributed by atoms with Crippen LogP contribution in [-0.4, -0.2) is 26.4 Å². The summed E-state index contributed by atoms with van der Waals surface area (Å²) < 4.78 is 2.87. The summed E-state index contributed by atoms with van der Waals surface area (Å²) >= 11 is 4.75. The molecule has 1 N–H and O–H groups in total. The Kier molecular flexibility index (Phi) is 4.31. The van der Waals surface area contributed by atoms with Crippen molar-refractivity contribution in [1.82, 2.24) is 9.55 Å². The second-order valence-corrected chi connectivity index (χ2v) is 5.97. The Balaban J connectivity index is 2.40. The summed E-state index contributed by atoms with van der Waals surface area (Å²) in [7, 11) is 0. The van der Waals surface area contributed by atoms with Gasteiger partial charge in [0.05, 0.1) is 17.1 Å². The van der Waals surface area contributed by atoms with Crippen LogP contribution in [0.5, 0.6) is 0 Å². The summed E-state index contributed by atoms with van der Waals surface area (Å²) in [5.74, 6) is -0.847. The number of benzene rings is 1. The predicted octanol–water partition coefficient (Wildman–Crippen LogP) is 3.43. The van der Waals surface area contributed by atoms with Crippen LogP contribution >= 0.6 is 27.7 Å². The third-order valence-corrected chi connectivity index (χ3v) is 4.05. The summed E-state index contributed by atoms with van der Waals surface area (Å²) in [5.41, 5.74) is 2.98. The molecule has 1 heterocycles. The van der Waals surface area contributed by atoms with Crippen LogP contribution in [0.3, 0.4) is 0 Å². The lowest BCUT2D eigenvalue weighted by molar-refractivity contribution is -0.133. The highest BCUT2D eigenvalue weighted by molar-refractivity contribution is 9.10. The molecule has 0 bridgehead atoms. The van der Waals surface area contributed by atoms with E-state index in [4.69, 9.17) is 5.11 Å². The van der Waals surface area contributed by atoms with Gasteiger partial charge in [0.1, 0.15) is 0 Å². The van der Waals surface area contributed by atoms with Crippen molar-refractivity contribution in [3.8, 4) is 5.69 Å². The SMILES string of the molecule is Cc1ccc(-n2cc(C)nc2SCC(=O)O)c(Br)c1. The van der Waals surface area contributed by atoms with Gasteiger partial charge in [-0.05, 0) is 47.5 Å². The summed E-state index contributed by atoms with van der Waals surface area (Å²) in [5, 5.41) is 9.45. The molecule has 0 aliphatic carbocycles. The van der Waals surface area contributed by atoms with Crippen molar-refractivity contribution in [1.29, 1.82) is 0 Å². The second-order valence-electron chi connectivity index (χ2n) is 4.17. The average molecular weight is 341 g/mol. The Bertz CT molecular complexity index is 625. The number of hydrogen-bond acceptors (Lipinski definition) is 3. The molecule has 0 fully saturated rings. The lowest BCUT2D eigenvalue weighted by Crippen LogP contribution is -2.01. The number of hydrogen-bond donors (Lipinski definition) is 1. The lowest BCUT2D eigenvalue weighted by Gasteiger charge is -2.09. The molecule has 19 heavy (non-hydrogen) atoms. The van der Waals surface area contributed by atoms with Gasteiger partial charge in [-0.1, -0.05) is 17.8 Å². The van der Waals surface area contributed by atoms with E-state index < -0.39 is 5.97 Å². The maximum atomic E-state index is 10.7. The van der Waals surface area contributed by atoms with Crippen molar-refractivity contribution in [2.75, 3.05) is 5.75 Å². The highest BCUT2D eigenvalue weighted by Crippen LogP contribution is 2.27. The monoisotopic (exact) mass is 340 g/mol. The smallest absolute Gasteiger partial charge is 0.313 e. The molecule has 0 amide bonds. The Hall–Kier alpha value is -1.27. The van der Waals surface area contributed by atoms with Crippen LogP contribution in [0.4, 0.5) is 0 Å². The molecule has 0 spiro atoms. The van der Waals surface area contributed by atoms with Crippen molar-refractivity contribution in [2.45, 2.75) is 19.0 Å². The number of aryl methyl sites for hydroxylation is 2. The molecular weight excluding hydrogens is 328 g/mol. The fraction of sp³-hybridized carbons (Fsp3) is 0.231. The van der Waals surface area contributed by atoms with Gasteiger partial charge in [0.25, 0.3) is 0 Å². The van der Waals surface area contributed by atoms with Crippen molar-refractivity contribution >= 4 is 33.7 Å².